The van der Waals surface area contributed by atoms with Crippen LogP contribution in [0, 0.1) is 0 Å². The fourth-order valence-corrected chi connectivity index (χ4v) is 3.09. The maximum Gasteiger partial charge on any atom is 0.321 e. The number of urea groups is 1. The second kappa shape index (κ2) is 3.96. The summed E-state index contributed by atoms with van der Waals surface area (Å²) in [5.74, 6) is 0. The zero-order valence-corrected chi connectivity index (χ0v) is 10.3. The van der Waals surface area contributed by atoms with E-state index in [1.807, 2.05) is 9.80 Å². The lowest BCUT2D eigenvalue weighted by molar-refractivity contribution is 0.177. The minimum absolute atomic E-state index is 0.169. The fourth-order valence-electron chi connectivity index (χ4n) is 3.09. The first-order chi connectivity index (χ1) is 8.83. The van der Waals surface area contributed by atoms with Crippen LogP contribution in [0.15, 0.2) is 12.2 Å². The number of epoxide rings is 2. The van der Waals surface area contributed by atoms with Crippen molar-refractivity contribution >= 4 is 6.03 Å². The number of hydrogen-bond acceptors (Lipinski definition) is 3. The molecule has 4 rings (SSSR count). The molecule has 3 aliphatic heterocycles. The molecule has 98 valence electrons. The Labute approximate surface area is 106 Å². The van der Waals surface area contributed by atoms with E-state index in [2.05, 4.69) is 12.2 Å². The predicted octanol–water partition coefficient (Wildman–Crippen LogP) is 0.609. The van der Waals surface area contributed by atoms with Crippen molar-refractivity contribution in [1.29, 1.82) is 0 Å². The van der Waals surface area contributed by atoms with Crippen molar-refractivity contribution in [3.05, 3.63) is 12.2 Å². The number of carbonyl (C=O) groups is 1. The van der Waals surface area contributed by atoms with Gasteiger partial charge in [-0.25, -0.2) is 4.79 Å². The van der Waals surface area contributed by atoms with Crippen molar-refractivity contribution in [2.45, 2.75) is 37.1 Å². The molecule has 0 radical (unpaired) electrons. The van der Waals surface area contributed by atoms with Gasteiger partial charge < -0.3 is 19.3 Å². The molecule has 0 N–H and O–H groups in total. The van der Waals surface area contributed by atoms with Crippen LogP contribution >= 0.6 is 0 Å². The van der Waals surface area contributed by atoms with Crippen molar-refractivity contribution in [1.82, 2.24) is 9.80 Å². The molecule has 0 aromatic heterocycles. The third-order valence-electron chi connectivity index (χ3n) is 4.21. The van der Waals surface area contributed by atoms with Crippen molar-refractivity contribution in [2.24, 2.45) is 0 Å². The van der Waals surface area contributed by atoms with E-state index in [1.165, 1.54) is 0 Å². The molecule has 0 bridgehead atoms. The molecule has 4 aliphatic rings. The second-order valence-corrected chi connectivity index (χ2v) is 5.56. The number of hydrogen-bond donors (Lipinski definition) is 0. The Bertz CT molecular complexity index is 390. The van der Waals surface area contributed by atoms with E-state index in [0.29, 0.717) is 6.04 Å². The van der Waals surface area contributed by atoms with Crippen molar-refractivity contribution in [2.75, 3.05) is 26.3 Å². The average Bonchev–Trinajstić information content (AvgIpc) is 3.26. The Morgan fingerprint density at radius 1 is 1.17 bits per heavy atom. The number of fused-ring (bicyclic) bond motifs is 1. The van der Waals surface area contributed by atoms with Gasteiger partial charge in [-0.2, -0.15) is 0 Å². The lowest BCUT2D eigenvalue weighted by Crippen LogP contribution is -2.39. The number of nitrogens with zero attached hydrogens (tertiary/aromatic N) is 2. The van der Waals surface area contributed by atoms with Gasteiger partial charge >= 0.3 is 6.03 Å². The Balaban J connectivity index is 1.55. The number of allylic oxidation sites excluding steroid dienone is 1. The molecule has 3 fully saturated rings. The van der Waals surface area contributed by atoms with Gasteiger partial charge in [-0.05, 0) is 12.8 Å². The molecule has 4 unspecified atom stereocenters. The molecule has 3 saturated heterocycles. The van der Waals surface area contributed by atoms with Gasteiger partial charge in [0, 0.05) is 0 Å². The average molecular weight is 250 g/mol. The molecule has 3 heterocycles. The Hall–Kier alpha value is -1.07. The molecule has 5 nitrogen and oxygen atoms in total. The van der Waals surface area contributed by atoms with Crippen LogP contribution in [-0.2, 0) is 9.47 Å². The van der Waals surface area contributed by atoms with Crippen molar-refractivity contribution < 1.29 is 14.3 Å². The summed E-state index contributed by atoms with van der Waals surface area (Å²) >= 11 is 0. The summed E-state index contributed by atoms with van der Waals surface area (Å²) in [7, 11) is 0. The standard InChI is InChI=1S/C13H18N2O3/c16-13-14(5-9-7-17-9)11-3-1-2-4-12(11)15(13)6-10-8-18-10/h1,3,9-12H,2,4-8H2. The predicted molar refractivity (Wildman–Crippen MR) is 64.2 cm³/mol. The van der Waals surface area contributed by atoms with Crippen LogP contribution in [0.3, 0.4) is 0 Å². The van der Waals surface area contributed by atoms with Crippen LogP contribution < -0.4 is 0 Å². The third kappa shape index (κ3) is 1.82. The number of carbonyl (C=O) groups excluding carboxylic acids is 1. The van der Waals surface area contributed by atoms with Crippen LogP contribution in [0.4, 0.5) is 4.79 Å². The van der Waals surface area contributed by atoms with E-state index in [9.17, 15) is 4.79 Å². The highest BCUT2D eigenvalue weighted by molar-refractivity contribution is 5.78. The van der Waals surface area contributed by atoms with Gasteiger partial charge in [0.25, 0.3) is 0 Å². The van der Waals surface area contributed by atoms with Crippen LogP contribution in [0.2, 0.25) is 0 Å². The first-order valence-electron chi connectivity index (χ1n) is 6.80. The Morgan fingerprint density at radius 3 is 2.50 bits per heavy atom. The van der Waals surface area contributed by atoms with Gasteiger partial charge in [0.1, 0.15) is 0 Å². The molecule has 0 saturated carbocycles. The fraction of sp³-hybridized carbons (Fsp3) is 0.769. The first-order valence-corrected chi connectivity index (χ1v) is 6.80. The largest absolute Gasteiger partial charge is 0.371 e. The number of rotatable bonds is 4. The molecule has 0 aromatic carbocycles. The minimum Gasteiger partial charge on any atom is -0.371 e. The summed E-state index contributed by atoms with van der Waals surface area (Å²) in [5, 5.41) is 0. The molecule has 4 atom stereocenters. The normalized spacial score (nSPS) is 41.2. The van der Waals surface area contributed by atoms with Crippen LogP contribution in [0.25, 0.3) is 0 Å². The van der Waals surface area contributed by atoms with E-state index >= 15 is 0 Å². The Morgan fingerprint density at radius 2 is 1.83 bits per heavy atom. The third-order valence-corrected chi connectivity index (χ3v) is 4.21. The molecular formula is C13H18N2O3. The van der Waals surface area contributed by atoms with E-state index in [4.69, 9.17) is 9.47 Å². The van der Waals surface area contributed by atoms with Gasteiger partial charge in [-0.1, -0.05) is 12.2 Å². The summed E-state index contributed by atoms with van der Waals surface area (Å²) in [6, 6.07) is 0.752. The van der Waals surface area contributed by atoms with E-state index < -0.39 is 0 Å². The van der Waals surface area contributed by atoms with Crippen molar-refractivity contribution in [3.8, 4) is 0 Å². The number of amides is 2. The molecular weight excluding hydrogens is 232 g/mol. The zero-order chi connectivity index (χ0) is 12.1. The smallest absolute Gasteiger partial charge is 0.321 e. The maximum atomic E-state index is 12.5. The van der Waals surface area contributed by atoms with E-state index in [1.54, 1.807) is 0 Å². The highest BCUT2D eigenvalue weighted by Crippen LogP contribution is 2.33. The van der Waals surface area contributed by atoms with Gasteiger partial charge in [0.15, 0.2) is 0 Å². The molecule has 0 spiro atoms. The first kappa shape index (κ1) is 10.8. The van der Waals surface area contributed by atoms with Crippen LogP contribution in [-0.4, -0.2) is 66.4 Å². The lowest BCUT2D eigenvalue weighted by atomic mass is 9.96. The van der Waals surface area contributed by atoms with Gasteiger partial charge in [0.05, 0.1) is 50.6 Å². The minimum atomic E-state index is 0.169. The highest BCUT2D eigenvalue weighted by atomic mass is 16.6. The zero-order valence-electron chi connectivity index (χ0n) is 10.3. The monoisotopic (exact) mass is 250 g/mol. The molecule has 5 heteroatoms. The van der Waals surface area contributed by atoms with Crippen LogP contribution in [0.1, 0.15) is 12.8 Å². The molecule has 0 aromatic rings. The SMILES string of the molecule is O=C1N(CC2CO2)C2C=CCCC2N1CC1CO1. The number of ether oxygens (including phenoxy) is 2. The summed E-state index contributed by atoms with van der Waals surface area (Å²) < 4.78 is 10.5. The van der Waals surface area contributed by atoms with E-state index in [0.717, 1.165) is 39.1 Å². The van der Waals surface area contributed by atoms with Gasteiger partial charge in [0.2, 0.25) is 0 Å². The summed E-state index contributed by atoms with van der Waals surface area (Å²) in [6.07, 6.45) is 7.08. The summed E-state index contributed by atoms with van der Waals surface area (Å²) in [4.78, 5) is 16.5. The molecule has 18 heavy (non-hydrogen) atoms. The van der Waals surface area contributed by atoms with E-state index in [-0.39, 0.29) is 24.3 Å². The quantitative estimate of drug-likeness (QED) is 0.542. The van der Waals surface area contributed by atoms with Gasteiger partial charge in [-0.15, -0.1) is 0 Å². The highest BCUT2D eigenvalue weighted by Gasteiger charge is 2.48. The second-order valence-electron chi connectivity index (χ2n) is 5.56. The molecule has 1 aliphatic carbocycles. The summed E-state index contributed by atoms with van der Waals surface area (Å²) in [6.45, 7) is 3.11. The maximum absolute atomic E-state index is 12.5. The lowest BCUT2D eigenvalue weighted by Gasteiger charge is -2.27. The Kier molecular flexibility index (Phi) is 2.38. The molecule has 2 amide bonds. The summed E-state index contributed by atoms with van der Waals surface area (Å²) in [5.41, 5.74) is 0. The van der Waals surface area contributed by atoms with Crippen LogP contribution in [0.5, 0.6) is 0 Å². The van der Waals surface area contributed by atoms with Crippen molar-refractivity contribution in [3.63, 3.8) is 0 Å². The van der Waals surface area contributed by atoms with Gasteiger partial charge in [-0.3, -0.25) is 0 Å². The topological polar surface area (TPSA) is 48.6 Å².